The third-order valence-electron chi connectivity index (χ3n) is 3.67. The predicted octanol–water partition coefficient (Wildman–Crippen LogP) is 2.42. The number of benzene rings is 1. The molecule has 0 spiro atoms. The Labute approximate surface area is 120 Å². The first-order valence-corrected chi connectivity index (χ1v) is 6.60. The molecular weight excluding hydrogens is 274 g/mol. The van der Waals surface area contributed by atoms with Crippen molar-refractivity contribution >= 4 is 5.97 Å². The lowest BCUT2D eigenvalue weighted by molar-refractivity contribution is -0.485. The van der Waals surface area contributed by atoms with Crippen LogP contribution in [0.5, 0.6) is 5.75 Å². The highest BCUT2D eigenvalue weighted by molar-refractivity contribution is 5.79. The number of hydrogen-bond donors (Lipinski definition) is 0. The van der Waals surface area contributed by atoms with Crippen molar-refractivity contribution in [1.82, 2.24) is 0 Å². The third-order valence-corrected chi connectivity index (χ3v) is 3.67. The topological polar surface area (TPSA) is 82.6 Å². The van der Waals surface area contributed by atoms with Crippen molar-refractivity contribution in [2.45, 2.75) is 12.3 Å². The quantitative estimate of drug-likeness (QED) is 0.373. The minimum Gasteiger partial charge on any atom is -0.469 e. The first-order chi connectivity index (χ1) is 10.1. The molecule has 2 aromatic rings. The normalized spacial score (nSPS) is 18.7. The van der Waals surface area contributed by atoms with Crippen LogP contribution in [-0.4, -0.2) is 17.4 Å². The number of esters is 1. The summed E-state index contributed by atoms with van der Waals surface area (Å²) in [6.07, 6.45) is 1.86. The van der Waals surface area contributed by atoms with E-state index < -0.39 is 22.7 Å². The Kier molecular flexibility index (Phi) is 3.43. The Morgan fingerprint density at radius 3 is 2.81 bits per heavy atom. The molecule has 0 N–H and O–H groups in total. The Morgan fingerprint density at radius 1 is 1.29 bits per heavy atom. The summed E-state index contributed by atoms with van der Waals surface area (Å²) in [6, 6.07) is 10.5. The van der Waals surface area contributed by atoms with Gasteiger partial charge in [-0.25, -0.2) is 0 Å². The van der Waals surface area contributed by atoms with E-state index >= 15 is 0 Å². The predicted molar refractivity (Wildman–Crippen MR) is 72.6 cm³/mol. The van der Waals surface area contributed by atoms with E-state index in [2.05, 4.69) is 0 Å². The van der Waals surface area contributed by atoms with Crippen LogP contribution in [0.15, 0.2) is 47.1 Å². The van der Waals surface area contributed by atoms with Crippen molar-refractivity contribution in [3.05, 3.63) is 64.1 Å². The van der Waals surface area contributed by atoms with Gasteiger partial charge in [0, 0.05) is 4.92 Å². The summed E-state index contributed by atoms with van der Waals surface area (Å²) in [7, 11) is 0. The minimum absolute atomic E-state index is 0.366. The van der Waals surface area contributed by atoms with Crippen LogP contribution in [0, 0.1) is 16.0 Å². The Morgan fingerprint density at radius 2 is 2.10 bits per heavy atom. The van der Waals surface area contributed by atoms with Gasteiger partial charge in [-0.15, -0.1) is 0 Å². The van der Waals surface area contributed by atoms with Gasteiger partial charge in [0.05, 0.1) is 18.1 Å². The molecule has 0 bridgehead atoms. The van der Waals surface area contributed by atoms with Crippen molar-refractivity contribution in [3.63, 3.8) is 0 Å². The molecule has 2 heterocycles. The average molecular weight is 287 g/mol. The Hall–Kier alpha value is -2.63. The fourth-order valence-electron chi connectivity index (χ4n) is 2.66. The van der Waals surface area contributed by atoms with E-state index in [-0.39, 0.29) is 6.54 Å². The van der Waals surface area contributed by atoms with Gasteiger partial charge in [0.2, 0.25) is 6.54 Å². The SMILES string of the molecule is O=C1Oc2ccccc2C[C@@H]1[C@H](C[N+](=O)[O-])c1ccco1. The zero-order valence-corrected chi connectivity index (χ0v) is 11.1. The maximum absolute atomic E-state index is 12.2. The summed E-state index contributed by atoms with van der Waals surface area (Å²) < 4.78 is 10.6. The second-order valence-electron chi connectivity index (χ2n) is 4.98. The number of furan rings is 1. The summed E-state index contributed by atoms with van der Waals surface area (Å²) in [4.78, 5) is 22.7. The standard InChI is InChI=1S/C15H13NO5/c17-15-11(8-10-4-1-2-5-13(10)21-15)12(9-16(18)19)14-6-3-7-20-14/h1-7,11-12H,8-9H2/t11-,12+/m1/s1. The molecule has 0 aliphatic carbocycles. The molecule has 1 aliphatic rings. The van der Waals surface area contributed by atoms with Crippen molar-refractivity contribution in [1.29, 1.82) is 0 Å². The maximum atomic E-state index is 12.2. The van der Waals surface area contributed by atoms with Crippen LogP contribution in [0.2, 0.25) is 0 Å². The monoisotopic (exact) mass is 287 g/mol. The van der Waals surface area contributed by atoms with Gasteiger partial charge < -0.3 is 9.15 Å². The Balaban J connectivity index is 1.93. The fraction of sp³-hybridized carbons (Fsp3) is 0.267. The number of nitro groups is 1. The van der Waals surface area contributed by atoms with Gasteiger partial charge in [-0.1, -0.05) is 18.2 Å². The largest absolute Gasteiger partial charge is 0.469 e. The van der Waals surface area contributed by atoms with Crippen molar-refractivity contribution < 1.29 is 18.9 Å². The number of rotatable bonds is 4. The molecule has 0 saturated heterocycles. The molecule has 21 heavy (non-hydrogen) atoms. The zero-order valence-electron chi connectivity index (χ0n) is 11.1. The molecule has 6 nitrogen and oxygen atoms in total. The molecular formula is C15H13NO5. The number of para-hydroxylation sites is 1. The van der Waals surface area contributed by atoms with E-state index in [1.54, 1.807) is 24.3 Å². The summed E-state index contributed by atoms with van der Waals surface area (Å²) >= 11 is 0. The molecule has 0 unspecified atom stereocenters. The lowest BCUT2D eigenvalue weighted by atomic mass is 9.83. The first-order valence-electron chi connectivity index (χ1n) is 6.60. The van der Waals surface area contributed by atoms with Gasteiger partial charge in [0.15, 0.2) is 0 Å². The fourth-order valence-corrected chi connectivity index (χ4v) is 2.66. The van der Waals surface area contributed by atoms with E-state index in [1.165, 1.54) is 6.26 Å². The second kappa shape index (κ2) is 5.40. The maximum Gasteiger partial charge on any atom is 0.315 e. The van der Waals surface area contributed by atoms with Crippen molar-refractivity contribution in [3.8, 4) is 5.75 Å². The zero-order chi connectivity index (χ0) is 14.8. The molecule has 1 aromatic carbocycles. The number of nitrogens with zero attached hydrogens (tertiary/aromatic N) is 1. The molecule has 0 radical (unpaired) electrons. The summed E-state index contributed by atoms with van der Waals surface area (Å²) in [6.45, 7) is -0.366. The van der Waals surface area contributed by atoms with Gasteiger partial charge >= 0.3 is 5.97 Å². The molecule has 108 valence electrons. The summed E-state index contributed by atoms with van der Waals surface area (Å²) in [5, 5.41) is 10.9. The minimum atomic E-state index is -0.629. The van der Waals surface area contributed by atoms with E-state index in [0.29, 0.717) is 17.9 Å². The van der Waals surface area contributed by atoms with Crippen LogP contribution in [0.25, 0.3) is 0 Å². The van der Waals surface area contributed by atoms with Crippen LogP contribution >= 0.6 is 0 Å². The number of carbonyl (C=O) groups excluding carboxylic acids is 1. The first kappa shape index (κ1) is 13.4. The van der Waals surface area contributed by atoms with E-state index in [9.17, 15) is 14.9 Å². The van der Waals surface area contributed by atoms with E-state index in [4.69, 9.17) is 9.15 Å². The van der Waals surface area contributed by atoms with E-state index in [0.717, 1.165) is 5.56 Å². The number of fused-ring (bicyclic) bond motifs is 1. The highest BCUT2D eigenvalue weighted by Gasteiger charge is 2.39. The van der Waals surface area contributed by atoms with Crippen LogP contribution in [-0.2, 0) is 11.2 Å². The van der Waals surface area contributed by atoms with Gasteiger partial charge in [-0.3, -0.25) is 14.9 Å². The lowest BCUT2D eigenvalue weighted by Crippen LogP contribution is -2.35. The third kappa shape index (κ3) is 2.65. The highest BCUT2D eigenvalue weighted by atomic mass is 16.6. The number of carbonyl (C=O) groups is 1. The van der Waals surface area contributed by atoms with Crippen molar-refractivity contribution in [2.24, 2.45) is 5.92 Å². The van der Waals surface area contributed by atoms with Gasteiger partial charge in [-0.2, -0.15) is 0 Å². The lowest BCUT2D eigenvalue weighted by Gasteiger charge is -2.26. The second-order valence-corrected chi connectivity index (χ2v) is 4.98. The van der Waals surface area contributed by atoms with Crippen LogP contribution in [0.1, 0.15) is 17.2 Å². The van der Waals surface area contributed by atoms with E-state index in [1.807, 2.05) is 12.1 Å². The molecule has 0 saturated carbocycles. The molecule has 0 amide bonds. The number of hydrogen-bond acceptors (Lipinski definition) is 5. The molecule has 3 rings (SSSR count). The summed E-state index contributed by atoms with van der Waals surface area (Å²) in [5.41, 5.74) is 0.877. The van der Waals surface area contributed by atoms with Crippen LogP contribution in [0.4, 0.5) is 0 Å². The molecule has 1 aromatic heterocycles. The van der Waals surface area contributed by atoms with Gasteiger partial charge in [-0.05, 0) is 30.2 Å². The molecule has 0 fully saturated rings. The van der Waals surface area contributed by atoms with Crippen LogP contribution in [0.3, 0.4) is 0 Å². The Bertz CT molecular complexity index is 664. The molecule has 6 heteroatoms. The van der Waals surface area contributed by atoms with Gasteiger partial charge in [0.1, 0.15) is 11.5 Å². The smallest absolute Gasteiger partial charge is 0.315 e. The average Bonchev–Trinajstić information content (AvgIpc) is 2.98. The van der Waals surface area contributed by atoms with Gasteiger partial charge in [0.25, 0.3) is 0 Å². The van der Waals surface area contributed by atoms with Crippen molar-refractivity contribution in [2.75, 3.05) is 6.54 Å². The highest BCUT2D eigenvalue weighted by Crippen LogP contribution is 2.36. The summed E-state index contributed by atoms with van der Waals surface area (Å²) in [5.74, 6) is -0.727. The van der Waals surface area contributed by atoms with Crippen LogP contribution < -0.4 is 4.74 Å². The molecule has 2 atom stereocenters. The molecule has 1 aliphatic heterocycles. The number of ether oxygens (including phenoxy) is 1.